The summed E-state index contributed by atoms with van der Waals surface area (Å²) in [6.45, 7) is 2.15. The van der Waals surface area contributed by atoms with Crippen molar-refractivity contribution in [2.75, 3.05) is 19.1 Å². The standard InChI is InChI=1S/C9H15NS2/c1-7-4-5-9(12-7)8(10-2)6-11-3/h4-5,8,10H,6H2,1-3H3. The van der Waals surface area contributed by atoms with Crippen LogP contribution in [0.4, 0.5) is 0 Å². The van der Waals surface area contributed by atoms with Gasteiger partial charge in [-0.1, -0.05) is 0 Å². The first-order chi connectivity index (χ1) is 5.77. The molecule has 0 radical (unpaired) electrons. The normalized spacial score (nSPS) is 13.2. The summed E-state index contributed by atoms with van der Waals surface area (Å²) < 4.78 is 0. The Bertz CT molecular complexity index is 232. The molecule has 1 heterocycles. The predicted molar refractivity (Wildman–Crippen MR) is 59.2 cm³/mol. The Balaban J connectivity index is 2.66. The molecule has 1 atom stereocenters. The summed E-state index contributed by atoms with van der Waals surface area (Å²) in [5.74, 6) is 1.15. The molecule has 1 N–H and O–H groups in total. The lowest BCUT2D eigenvalue weighted by Gasteiger charge is -2.11. The van der Waals surface area contributed by atoms with Crippen molar-refractivity contribution in [3.8, 4) is 0 Å². The Morgan fingerprint density at radius 2 is 2.33 bits per heavy atom. The summed E-state index contributed by atoms with van der Waals surface area (Å²) in [6.07, 6.45) is 2.14. The topological polar surface area (TPSA) is 12.0 Å². The van der Waals surface area contributed by atoms with E-state index in [2.05, 4.69) is 30.6 Å². The fraction of sp³-hybridized carbons (Fsp3) is 0.556. The van der Waals surface area contributed by atoms with Gasteiger partial charge in [0.05, 0.1) is 6.04 Å². The highest BCUT2D eigenvalue weighted by molar-refractivity contribution is 7.98. The molecule has 0 aromatic carbocycles. The van der Waals surface area contributed by atoms with Crippen LogP contribution in [0.3, 0.4) is 0 Å². The molecular weight excluding hydrogens is 186 g/mol. The van der Waals surface area contributed by atoms with Crippen LogP contribution in [-0.2, 0) is 0 Å². The van der Waals surface area contributed by atoms with Crippen LogP contribution in [-0.4, -0.2) is 19.1 Å². The minimum Gasteiger partial charge on any atom is -0.312 e. The monoisotopic (exact) mass is 201 g/mol. The molecule has 0 spiro atoms. The molecule has 68 valence electrons. The van der Waals surface area contributed by atoms with E-state index in [0.29, 0.717) is 6.04 Å². The van der Waals surface area contributed by atoms with Crippen molar-refractivity contribution in [1.29, 1.82) is 0 Å². The first kappa shape index (κ1) is 10.1. The molecule has 1 rings (SSSR count). The molecule has 12 heavy (non-hydrogen) atoms. The minimum atomic E-state index is 0.527. The molecule has 1 aromatic rings. The second-order valence-corrected chi connectivity index (χ2v) is 4.98. The van der Waals surface area contributed by atoms with Crippen LogP contribution in [0.15, 0.2) is 12.1 Å². The third kappa shape index (κ3) is 2.51. The van der Waals surface area contributed by atoms with E-state index in [1.807, 2.05) is 30.1 Å². The van der Waals surface area contributed by atoms with E-state index >= 15 is 0 Å². The van der Waals surface area contributed by atoms with Gasteiger partial charge in [0.2, 0.25) is 0 Å². The number of thiophene rings is 1. The zero-order valence-electron chi connectivity index (χ0n) is 7.76. The molecule has 0 saturated heterocycles. The van der Waals surface area contributed by atoms with Crippen molar-refractivity contribution in [2.45, 2.75) is 13.0 Å². The van der Waals surface area contributed by atoms with Gasteiger partial charge in [-0.15, -0.1) is 11.3 Å². The highest BCUT2D eigenvalue weighted by atomic mass is 32.2. The van der Waals surface area contributed by atoms with Crippen LogP contribution >= 0.6 is 23.1 Å². The Labute approximate surface area is 82.6 Å². The number of hydrogen-bond donors (Lipinski definition) is 1. The van der Waals surface area contributed by atoms with Crippen molar-refractivity contribution in [1.82, 2.24) is 5.32 Å². The van der Waals surface area contributed by atoms with Gasteiger partial charge in [0.15, 0.2) is 0 Å². The second-order valence-electron chi connectivity index (χ2n) is 2.75. The maximum atomic E-state index is 3.32. The highest BCUT2D eigenvalue weighted by Gasteiger charge is 2.09. The third-order valence-corrected chi connectivity index (χ3v) is 3.57. The molecule has 1 unspecified atom stereocenters. The zero-order chi connectivity index (χ0) is 8.97. The Kier molecular flexibility index (Phi) is 4.12. The number of rotatable bonds is 4. The first-order valence-electron chi connectivity index (χ1n) is 4.00. The van der Waals surface area contributed by atoms with Gasteiger partial charge in [-0.3, -0.25) is 0 Å². The lowest BCUT2D eigenvalue weighted by molar-refractivity contribution is 0.674. The van der Waals surface area contributed by atoms with Gasteiger partial charge in [0.25, 0.3) is 0 Å². The van der Waals surface area contributed by atoms with E-state index in [-0.39, 0.29) is 0 Å². The summed E-state index contributed by atoms with van der Waals surface area (Å²) in [5, 5.41) is 3.32. The van der Waals surface area contributed by atoms with Crippen LogP contribution in [0.25, 0.3) is 0 Å². The number of hydrogen-bond acceptors (Lipinski definition) is 3. The molecular formula is C9H15NS2. The van der Waals surface area contributed by atoms with Gasteiger partial charge in [-0.05, 0) is 32.4 Å². The van der Waals surface area contributed by atoms with Gasteiger partial charge in [0.1, 0.15) is 0 Å². The van der Waals surface area contributed by atoms with Crippen molar-refractivity contribution in [3.05, 3.63) is 21.9 Å². The third-order valence-electron chi connectivity index (χ3n) is 1.79. The quantitative estimate of drug-likeness (QED) is 0.804. The molecule has 3 heteroatoms. The van der Waals surface area contributed by atoms with Crippen molar-refractivity contribution >= 4 is 23.1 Å². The van der Waals surface area contributed by atoms with Crippen molar-refractivity contribution in [3.63, 3.8) is 0 Å². The van der Waals surface area contributed by atoms with Gasteiger partial charge < -0.3 is 5.32 Å². The van der Waals surface area contributed by atoms with Gasteiger partial charge in [-0.25, -0.2) is 0 Å². The first-order valence-corrected chi connectivity index (χ1v) is 6.21. The van der Waals surface area contributed by atoms with Gasteiger partial charge in [0, 0.05) is 15.5 Å². The van der Waals surface area contributed by atoms with Crippen molar-refractivity contribution < 1.29 is 0 Å². The van der Waals surface area contributed by atoms with Crippen molar-refractivity contribution in [2.24, 2.45) is 0 Å². The molecule has 0 aliphatic rings. The summed E-state index contributed by atoms with van der Waals surface area (Å²) in [5.41, 5.74) is 0. The number of nitrogens with one attached hydrogen (secondary N) is 1. The summed E-state index contributed by atoms with van der Waals surface area (Å²) in [7, 11) is 2.02. The van der Waals surface area contributed by atoms with Crippen LogP contribution < -0.4 is 5.32 Å². The van der Waals surface area contributed by atoms with E-state index in [4.69, 9.17) is 0 Å². The second kappa shape index (κ2) is 4.90. The number of thioether (sulfide) groups is 1. The predicted octanol–water partition coefficient (Wildman–Crippen LogP) is 2.68. The maximum Gasteiger partial charge on any atom is 0.0504 e. The van der Waals surface area contributed by atoms with E-state index in [1.165, 1.54) is 9.75 Å². The summed E-state index contributed by atoms with van der Waals surface area (Å²) in [4.78, 5) is 2.84. The van der Waals surface area contributed by atoms with E-state index < -0.39 is 0 Å². The maximum absolute atomic E-state index is 3.32. The fourth-order valence-corrected chi connectivity index (χ4v) is 2.89. The van der Waals surface area contributed by atoms with Gasteiger partial charge in [-0.2, -0.15) is 11.8 Å². The summed E-state index contributed by atoms with van der Waals surface area (Å²) in [6, 6.07) is 4.93. The summed E-state index contributed by atoms with van der Waals surface area (Å²) >= 11 is 3.77. The Morgan fingerprint density at radius 1 is 1.58 bits per heavy atom. The average molecular weight is 201 g/mol. The molecule has 0 aliphatic heterocycles. The molecule has 0 saturated carbocycles. The minimum absolute atomic E-state index is 0.527. The Hall–Kier alpha value is 0.01000. The zero-order valence-corrected chi connectivity index (χ0v) is 9.39. The van der Waals surface area contributed by atoms with E-state index in [9.17, 15) is 0 Å². The van der Waals surface area contributed by atoms with Crippen LogP contribution in [0.1, 0.15) is 15.8 Å². The van der Waals surface area contributed by atoms with Crippen LogP contribution in [0.5, 0.6) is 0 Å². The lowest BCUT2D eigenvalue weighted by atomic mass is 10.3. The largest absolute Gasteiger partial charge is 0.312 e. The smallest absolute Gasteiger partial charge is 0.0504 e. The fourth-order valence-electron chi connectivity index (χ4n) is 1.12. The number of aryl methyl sites for hydroxylation is 1. The van der Waals surface area contributed by atoms with E-state index in [1.54, 1.807) is 0 Å². The molecule has 1 aromatic heterocycles. The SMILES string of the molecule is CNC(CSC)c1ccc(C)s1. The molecule has 0 amide bonds. The molecule has 0 fully saturated rings. The molecule has 0 bridgehead atoms. The van der Waals surface area contributed by atoms with Crippen LogP contribution in [0.2, 0.25) is 0 Å². The van der Waals surface area contributed by atoms with Gasteiger partial charge >= 0.3 is 0 Å². The van der Waals surface area contributed by atoms with Crippen LogP contribution in [0, 0.1) is 6.92 Å². The average Bonchev–Trinajstić information content (AvgIpc) is 2.47. The lowest BCUT2D eigenvalue weighted by Crippen LogP contribution is -2.17. The van der Waals surface area contributed by atoms with E-state index in [0.717, 1.165) is 5.75 Å². The molecule has 0 aliphatic carbocycles. The highest BCUT2D eigenvalue weighted by Crippen LogP contribution is 2.24. The Morgan fingerprint density at radius 3 is 2.75 bits per heavy atom. The molecule has 1 nitrogen and oxygen atoms in total.